The first kappa shape index (κ1) is 11.7. The van der Waals surface area contributed by atoms with Gasteiger partial charge >= 0.3 is 0 Å². The van der Waals surface area contributed by atoms with Gasteiger partial charge in [-0.3, -0.25) is 0 Å². The molecule has 0 aliphatic rings. The highest BCUT2D eigenvalue weighted by molar-refractivity contribution is 4.29. The van der Waals surface area contributed by atoms with Gasteiger partial charge in [-0.2, -0.15) is 0 Å². The number of rotatable bonds is 2. The fourth-order valence-corrected chi connectivity index (χ4v) is 0.204. The van der Waals surface area contributed by atoms with Gasteiger partial charge in [0.15, 0.2) is 0 Å². The Morgan fingerprint density at radius 1 is 1.44 bits per heavy atom. The molecule has 0 aliphatic carbocycles. The maximum Gasteiger partial charge on any atom is 0.0483 e. The highest BCUT2D eigenvalue weighted by Gasteiger charge is 1.69. The molecule has 2 heteroatoms. The Hall–Kier alpha value is -0.0800. The summed E-state index contributed by atoms with van der Waals surface area (Å²) in [5, 5.41) is 8.06. The molecule has 3 N–H and O–H groups in total. The summed E-state index contributed by atoms with van der Waals surface area (Å²) in [6.07, 6.45) is 2.22. The summed E-state index contributed by atoms with van der Waals surface area (Å²) in [6, 6.07) is 0. The smallest absolute Gasteiger partial charge is 0.0483 e. The summed E-state index contributed by atoms with van der Waals surface area (Å²) in [5.41, 5.74) is 5.14. The van der Waals surface area contributed by atoms with E-state index in [1.54, 1.807) is 13.8 Å². The van der Waals surface area contributed by atoms with E-state index < -0.39 is 0 Å². The molecule has 0 fully saturated rings. The number of aliphatic hydroxyl groups excluding tert-OH is 1. The third-order valence-electron chi connectivity index (χ3n) is 0.558. The molecular formula is C7H19NO. The van der Waals surface area contributed by atoms with Gasteiger partial charge in [-0.05, 0) is 26.8 Å². The second-order valence-electron chi connectivity index (χ2n) is 2.24. The Labute approximate surface area is 58.1 Å². The predicted octanol–water partition coefficient (Wildman–Crippen LogP) is 1.13. The Balaban J connectivity index is 0. The largest absolute Gasteiger partial charge is 0.394 e. The number of nitrogens with two attached hydrogens (primary N) is 1. The van der Waals surface area contributed by atoms with Crippen LogP contribution >= 0.6 is 0 Å². The molecule has 0 aromatic rings. The molecule has 0 aliphatic heterocycles. The lowest BCUT2D eigenvalue weighted by Gasteiger charge is -1.80. The Morgan fingerprint density at radius 2 is 1.78 bits per heavy atom. The summed E-state index contributed by atoms with van der Waals surface area (Å²) < 4.78 is 0. The van der Waals surface area contributed by atoms with Crippen LogP contribution in [0, 0.1) is 0 Å². The van der Waals surface area contributed by atoms with Crippen molar-refractivity contribution in [3.05, 3.63) is 0 Å². The van der Waals surface area contributed by atoms with E-state index in [2.05, 4.69) is 6.92 Å². The molecule has 0 rings (SSSR count). The zero-order valence-corrected chi connectivity index (χ0v) is 6.72. The van der Waals surface area contributed by atoms with E-state index in [0.29, 0.717) is 0 Å². The van der Waals surface area contributed by atoms with Crippen molar-refractivity contribution in [1.82, 2.24) is 0 Å². The van der Waals surface area contributed by atoms with Crippen LogP contribution in [0.4, 0.5) is 0 Å². The van der Waals surface area contributed by atoms with Crippen molar-refractivity contribution in [2.45, 2.75) is 39.7 Å². The van der Waals surface area contributed by atoms with Gasteiger partial charge in [-0.25, -0.2) is 0 Å². The molecule has 0 bridgehead atoms. The number of hydrogen-bond donors (Lipinski definition) is 2. The normalized spacial score (nSPS) is 8.67. The lowest BCUT2D eigenvalue weighted by atomic mass is 10.3. The van der Waals surface area contributed by atoms with Gasteiger partial charge in [-0.1, -0.05) is 13.3 Å². The van der Waals surface area contributed by atoms with E-state index in [4.69, 9.17) is 10.8 Å². The van der Waals surface area contributed by atoms with E-state index in [1.807, 2.05) is 0 Å². The Bertz CT molecular complexity index is 33.1. The van der Waals surface area contributed by atoms with Gasteiger partial charge in [-0.15, -0.1) is 0 Å². The second-order valence-corrected chi connectivity index (χ2v) is 2.24. The van der Waals surface area contributed by atoms with Crippen molar-refractivity contribution >= 4 is 0 Å². The van der Waals surface area contributed by atoms with Crippen LogP contribution in [0.1, 0.15) is 33.6 Å². The number of unbranched alkanes of at least 4 members (excludes halogenated alkanes) is 1. The van der Waals surface area contributed by atoms with Crippen LogP contribution in [0.15, 0.2) is 0 Å². The average molecular weight is 133 g/mol. The molecule has 0 atom stereocenters. The second kappa shape index (κ2) is 10.8. The fraction of sp³-hybridized carbons (Fsp3) is 1.00. The van der Waals surface area contributed by atoms with E-state index in [0.717, 1.165) is 6.54 Å². The van der Waals surface area contributed by atoms with Crippen LogP contribution in [-0.4, -0.2) is 17.8 Å². The first-order valence-corrected chi connectivity index (χ1v) is 3.53. The standard InChI is InChI=1S/C4H11N.C3H8O/c1-2-3-4-5;1-3(2)4/h2-5H2,1H3;3-4H,1-2H3. The van der Waals surface area contributed by atoms with Crippen LogP contribution in [0.5, 0.6) is 0 Å². The Kier molecular flexibility index (Phi) is 14.0. The van der Waals surface area contributed by atoms with Gasteiger partial charge in [0.25, 0.3) is 0 Å². The lowest BCUT2D eigenvalue weighted by molar-refractivity contribution is 0.216. The maximum absolute atomic E-state index is 8.06. The van der Waals surface area contributed by atoms with Crippen molar-refractivity contribution in [2.24, 2.45) is 5.73 Å². The minimum absolute atomic E-state index is 0.167. The fourth-order valence-electron chi connectivity index (χ4n) is 0.204. The topological polar surface area (TPSA) is 46.2 Å². The average Bonchev–Trinajstić information content (AvgIpc) is 1.66. The molecule has 0 saturated heterocycles. The summed E-state index contributed by atoms with van der Waals surface area (Å²) in [6.45, 7) is 6.42. The van der Waals surface area contributed by atoms with Gasteiger partial charge in [0.1, 0.15) is 0 Å². The van der Waals surface area contributed by atoms with Gasteiger partial charge in [0.05, 0.1) is 0 Å². The molecule has 2 nitrogen and oxygen atoms in total. The third-order valence-corrected chi connectivity index (χ3v) is 0.558. The minimum Gasteiger partial charge on any atom is -0.394 e. The van der Waals surface area contributed by atoms with Crippen LogP contribution in [0.2, 0.25) is 0 Å². The van der Waals surface area contributed by atoms with Crippen molar-refractivity contribution in [1.29, 1.82) is 0 Å². The SMILES string of the molecule is CC(C)O.CCCCN. The molecule has 0 aromatic carbocycles. The summed E-state index contributed by atoms with van der Waals surface area (Å²) in [5.74, 6) is 0. The minimum atomic E-state index is -0.167. The highest BCUT2D eigenvalue weighted by Crippen LogP contribution is 1.77. The number of hydrogen-bond acceptors (Lipinski definition) is 2. The van der Waals surface area contributed by atoms with Crippen LogP contribution in [-0.2, 0) is 0 Å². The molecule has 0 amide bonds. The molecule has 58 valence electrons. The van der Waals surface area contributed by atoms with Crippen molar-refractivity contribution < 1.29 is 5.11 Å². The van der Waals surface area contributed by atoms with Crippen LogP contribution < -0.4 is 5.73 Å². The zero-order chi connectivity index (χ0) is 7.70. The monoisotopic (exact) mass is 133 g/mol. The first-order chi connectivity index (χ1) is 4.15. The number of aliphatic hydroxyl groups is 1. The van der Waals surface area contributed by atoms with Crippen molar-refractivity contribution in [3.63, 3.8) is 0 Å². The van der Waals surface area contributed by atoms with E-state index in [-0.39, 0.29) is 6.10 Å². The first-order valence-electron chi connectivity index (χ1n) is 3.53. The Morgan fingerprint density at radius 3 is 1.78 bits per heavy atom. The zero-order valence-electron chi connectivity index (χ0n) is 6.72. The van der Waals surface area contributed by atoms with E-state index in [1.165, 1.54) is 12.8 Å². The molecule has 0 spiro atoms. The van der Waals surface area contributed by atoms with Crippen molar-refractivity contribution in [3.8, 4) is 0 Å². The van der Waals surface area contributed by atoms with E-state index >= 15 is 0 Å². The summed E-state index contributed by atoms with van der Waals surface area (Å²) in [4.78, 5) is 0. The third kappa shape index (κ3) is 75.3. The highest BCUT2D eigenvalue weighted by atomic mass is 16.3. The molecule has 0 unspecified atom stereocenters. The molecule has 9 heavy (non-hydrogen) atoms. The molecule has 0 aromatic heterocycles. The van der Waals surface area contributed by atoms with Gasteiger partial charge in [0, 0.05) is 6.10 Å². The lowest BCUT2D eigenvalue weighted by Crippen LogP contribution is -1.95. The van der Waals surface area contributed by atoms with Crippen LogP contribution in [0.25, 0.3) is 0 Å². The molecule has 0 radical (unpaired) electrons. The molecule has 0 heterocycles. The van der Waals surface area contributed by atoms with E-state index in [9.17, 15) is 0 Å². The maximum atomic E-state index is 8.06. The predicted molar refractivity (Wildman–Crippen MR) is 41.3 cm³/mol. The summed E-state index contributed by atoms with van der Waals surface area (Å²) in [7, 11) is 0. The quantitative estimate of drug-likeness (QED) is 0.593. The van der Waals surface area contributed by atoms with Crippen LogP contribution in [0.3, 0.4) is 0 Å². The van der Waals surface area contributed by atoms with Gasteiger partial charge in [0.2, 0.25) is 0 Å². The molecular weight excluding hydrogens is 114 g/mol. The van der Waals surface area contributed by atoms with Gasteiger partial charge < -0.3 is 10.8 Å². The summed E-state index contributed by atoms with van der Waals surface area (Å²) >= 11 is 0. The molecule has 0 saturated carbocycles. The van der Waals surface area contributed by atoms with Crippen molar-refractivity contribution in [2.75, 3.05) is 6.54 Å².